The molecule has 0 amide bonds. The van der Waals surface area contributed by atoms with Crippen molar-refractivity contribution >= 4 is 17.9 Å². The Morgan fingerprint density at radius 2 is 1.67 bits per heavy atom. The summed E-state index contributed by atoms with van der Waals surface area (Å²) >= 11 is 5.71. The molecule has 0 saturated carbocycles. The molecule has 0 aromatic heterocycles. The number of phenols is 3. The summed E-state index contributed by atoms with van der Waals surface area (Å²) in [6.45, 7) is 5.58. The molecule has 0 radical (unpaired) electrons. The number of halogens is 1. The first-order valence-corrected chi connectivity index (χ1v) is 7.93. The van der Waals surface area contributed by atoms with E-state index >= 15 is 0 Å². The van der Waals surface area contributed by atoms with Crippen LogP contribution in [0.3, 0.4) is 0 Å². The van der Waals surface area contributed by atoms with Gasteiger partial charge < -0.3 is 20.6 Å². The van der Waals surface area contributed by atoms with Gasteiger partial charge in [-0.3, -0.25) is 4.79 Å². The largest absolute Gasteiger partial charge is 0.506 e. The van der Waals surface area contributed by atoms with Gasteiger partial charge in [-0.15, -0.1) is 0 Å². The first kappa shape index (κ1) is 18.1. The van der Waals surface area contributed by atoms with Gasteiger partial charge in [0, 0.05) is 13.1 Å². The molecule has 5 nitrogen and oxygen atoms in total. The number of carbonyl (C=O) groups excluding carboxylic acids is 1. The lowest BCUT2D eigenvalue weighted by molar-refractivity contribution is 0.112. The summed E-state index contributed by atoms with van der Waals surface area (Å²) in [5.74, 6) is -0.202. The topological polar surface area (TPSA) is 89.8 Å². The highest BCUT2D eigenvalue weighted by Gasteiger charge is 2.12. The van der Waals surface area contributed by atoms with E-state index in [1.807, 2.05) is 19.9 Å². The second kappa shape index (κ2) is 7.55. The minimum absolute atomic E-state index is 0.128. The van der Waals surface area contributed by atoms with Gasteiger partial charge in [0.15, 0.2) is 17.8 Å². The molecule has 128 valence electrons. The standard InChI is InChI=1S/C10H12O3.C8H8ClNO/c1-6(2)7-3-8(5-11)10(13)9(12)4-7;9-7-1-5-3-10-4-6(5)2-8(7)11/h3-6,12-13H,1-2H3;1-2,10-11H,3-4H2. The summed E-state index contributed by atoms with van der Waals surface area (Å²) in [6, 6.07) is 6.57. The monoisotopic (exact) mass is 349 g/mol. The van der Waals surface area contributed by atoms with Crippen LogP contribution in [0.5, 0.6) is 17.2 Å². The molecule has 2 aromatic rings. The third-order valence-corrected chi connectivity index (χ3v) is 4.14. The van der Waals surface area contributed by atoms with Gasteiger partial charge in [-0.05, 0) is 46.9 Å². The Morgan fingerprint density at radius 1 is 1.04 bits per heavy atom. The number of aromatic hydroxyl groups is 3. The molecule has 24 heavy (non-hydrogen) atoms. The average Bonchev–Trinajstić information content (AvgIpc) is 2.98. The maximum Gasteiger partial charge on any atom is 0.168 e. The van der Waals surface area contributed by atoms with Crippen LogP contribution >= 0.6 is 11.6 Å². The van der Waals surface area contributed by atoms with Gasteiger partial charge >= 0.3 is 0 Å². The Balaban J connectivity index is 0.000000175. The number of aldehydes is 1. The van der Waals surface area contributed by atoms with E-state index in [4.69, 9.17) is 11.6 Å². The van der Waals surface area contributed by atoms with Crippen LogP contribution in [0.2, 0.25) is 5.02 Å². The number of rotatable bonds is 2. The van der Waals surface area contributed by atoms with Crippen molar-refractivity contribution in [1.29, 1.82) is 0 Å². The van der Waals surface area contributed by atoms with Crippen LogP contribution < -0.4 is 5.32 Å². The maximum absolute atomic E-state index is 10.5. The maximum atomic E-state index is 10.5. The van der Waals surface area contributed by atoms with Crippen LogP contribution in [-0.2, 0) is 13.1 Å². The molecule has 2 aromatic carbocycles. The average molecular weight is 350 g/mol. The zero-order valence-electron chi connectivity index (χ0n) is 13.5. The molecule has 6 heteroatoms. The van der Waals surface area contributed by atoms with E-state index in [0.29, 0.717) is 11.3 Å². The second-order valence-corrected chi connectivity index (χ2v) is 6.33. The zero-order chi connectivity index (χ0) is 17.9. The minimum Gasteiger partial charge on any atom is -0.506 e. The molecule has 0 spiro atoms. The molecule has 0 saturated heterocycles. The Bertz CT molecular complexity index is 730. The van der Waals surface area contributed by atoms with Gasteiger partial charge in [-0.2, -0.15) is 0 Å². The van der Waals surface area contributed by atoms with E-state index in [1.165, 1.54) is 11.6 Å². The van der Waals surface area contributed by atoms with E-state index in [0.717, 1.165) is 24.2 Å². The molecule has 1 aliphatic heterocycles. The molecule has 0 fully saturated rings. The summed E-state index contributed by atoms with van der Waals surface area (Å²) in [5, 5.41) is 31.3. The second-order valence-electron chi connectivity index (χ2n) is 5.93. The molecule has 4 N–H and O–H groups in total. The van der Waals surface area contributed by atoms with Gasteiger partial charge in [-0.1, -0.05) is 25.4 Å². The molecule has 1 aliphatic rings. The van der Waals surface area contributed by atoms with Crippen LogP contribution in [0.25, 0.3) is 0 Å². The van der Waals surface area contributed by atoms with Crippen LogP contribution in [0.1, 0.15) is 46.8 Å². The molecule has 3 rings (SSSR count). The molecule has 0 aliphatic carbocycles. The van der Waals surface area contributed by atoms with E-state index in [9.17, 15) is 20.1 Å². The minimum atomic E-state index is -0.348. The lowest BCUT2D eigenvalue weighted by Crippen LogP contribution is -1.99. The zero-order valence-corrected chi connectivity index (χ0v) is 14.3. The lowest BCUT2D eigenvalue weighted by Gasteiger charge is -2.08. The van der Waals surface area contributed by atoms with Crippen LogP contribution in [0.15, 0.2) is 24.3 Å². The SMILES string of the molecule is CC(C)c1cc(O)c(O)c(C=O)c1.Oc1cc2c(cc1Cl)CNC2. The van der Waals surface area contributed by atoms with Gasteiger partial charge in [0.25, 0.3) is 0 Å². The van der Waals surface area contributed by atoms with Crippen molar-refractivity contribution in [2.75, 3.05) is 0 Å². The molecule has 0 bridgehead atoms. The first-order valence-electron chi connectivity index (χ1n) is 7.55. The van der Waals surface area contributed by atoms with Crippen molar-refractivity contribution in [2.45, 2.75) is 32.9 Å². The third kappa shape index (κ3) is 3.99. The van der Waals surface area contributed by atoms with Crippen molar-refractivity contribution in [1.82, 2.24) is 5.32 Å². The van der Waals surface area contributed by atoms with Crippen molar-refractivity contribution in [3.05, 3.63) is 51.5 Å². The van der Waals surface area contributed by atoms with Crippen molar-refractivity contribution in [3.8, 4) is 17.2 Å². The van der Waals surface area contributed by atoms with E-state index in [-0.39, 0.29) is 28.7 Å². The summed E-state index contributed by atoms with van der Waals surface area (Å²) in [7, 11) is 0. The van der Waals surface area contributed by atoms with E-state index < -0.39 is 0 Å². The Hall–Kier alpha value is -2.24. The van der Waals surface area contributed by atoms with Crippen molar-refractivity contribution in [2.24, 2.45) is 0 Å². The van der Waals surface area contributed by atoms with Crippen LogP contribution in [-0.4, -0.2) is 21.6 Å². The molecular formula is C18H20ClNO4. The Labute approximate surface area is 145 Å². The fourth-order valence-electron chi connectivity index (χ4n) is 2.39. The summed E-state index contributed by atoms with van der Waals surface area (Å²) in [6.07, 6.45) is 0.529. The summed E-state index contributed by atoms with van der Waals surface area (Å²) in [4.78, 5) is 10.5. The predicted molar refractivity (Wildman–Crippen MR) is 92.9 cm³/mol. The lowest BCUT2D eigenvalue weighted by atomic mass is 10.00. The number of hydrogen-bond acceptors (Lipinski definition) is 5. The number of fused-ring (bicyclic) bond motifs is 1. The quantitative estimate of drug-likeness (QED) is 0.490. The van der Waals surface area contributed by atoms with Gasteiger partial charge in [0.2, 0.25) is 0 Å². The van der Waals surface area contributed by atoms with Crippen LogP contribution in [0, 0.1) is 0 Å². The molecule has 0 atom stereocenters. The Kier molecular flexibility index (Phi) is 5.70. The van der Waals surface area contributed by atoms with Crippen molar-refractivity contribution < 1.29 is 20.1 Å². The number of nitrogens with one attached hydrogen (secondary N) is 1. The predicted octanol–water partition coefficient (Wildman–Crippen LogP) is 3.68. The number of carbonyl (C=O) groups is 1. The van der Waals surface area contributed by atoms with Crippen LogP contribution in [0.4, 0.5) is 0 Å². The number of benzene rings is 2. The molecular weight excluding hydrogens is 330 g/mol. The normalized spacial score (nSPS) is 12.5. The highest BCUT2D eigenvalue weighted by Crippen LogP contribution is 2.32. The fraction of sp³-hybridized carbons (Fsp3) is 0.278. The van der Waals surface area contributed by atoms with Gasteiger partial charge in [0.05, 0.1) is 10.6 Å². The highest BCUT2D eigenvalue weighted by molar-refractivity contribution is 6.32. The van der Waals surface area contributed by atoms with Crippen molar-refractivity contribution in [3.63, 3.8) is 0 Å². The molecule has 1 heterocycles. The van der Waals surface area contributed by atoms with E-state index in [2.05, 4.69) is 5.32 Å². The van der Waals surface area contributed by atoms with Gasteiger partial charge in [-0.25, -0.2) is 0 Å². The molecule has 0 unspecified atom stereocenters. The van der Waals surface area contributed by atoms with E-state index in [1.54, 1.807) is 12.1 Å². The van der Waals surface area contributed by atoms with Gasteiger partial charge in [0.1, 0.15) is 5.75 Å². The highest BCUT2D eigenvalue weighted by atomic mass is 35.5. The third-order valence-electron chi connectivity index (χ3n) is 3.84. The summed E-state index contributed by atoms with van der Waals surface area (Å²) in [5.41, 5.74) is 3.29. The smallest absolute Gasteiger partial charge is 0.168 e. The summed E-state index contributed by atoms with van der Waals surface area (Å²) < 4.78 is 0. The number of hydrogen-bond donors (Lipinski definition) is 4. The fourth-order valence-corrected chi connectivity index (χ4v) is 2.58. The first-order chi connectivity index (χ1) is 11.3. The number of phenolic OH excluding ortho intramolecular Hbond substituents is 3. The Morgan fingerprint density at radius 3 is 2.25 bits per heavy atom.